The van der Waals surface area contributed by atoms with Crippen molar-refractivity contribution in [2.45, 2.75) is 19.3 Å². The van der Waals surface area contributed by atoms with Crippen LogP contribution in [0.3, 0.4) is 0 Å². The molecule has 1 N–H and O–H groups in total. The summed E-state index contributed by atoms with van der Waals surface area (Å²) < 4.78 is 6.21. The zero-order valence-electron chi connectivity index (χ0n) is 17.2. The fraction of sp³-hybridized carbons (Fsp3) is 0.154. The van der Waals surface area contributed by atoms with Crippen molar-refractivity contribution in [1.82, 2.24) is 9.97 Å². The van der Waals surface area contributed by atoms with Crippen LogP contribution in [-0.4, -0.2) is 17.0 Å². The lowest BCUT2D eigenvalue weighted by molar-refractivity contribution is 0.660. The summed E-state index contributed by atoms with van der Waals surface area (Å²) >= 11 is 0. The van der Waals surface area contributed by atoms with Crippen LogP contribution in [0.2, 0.25) is 0 Å². The predicted octanol–water partition coefficient (Wildman–Crippen LogP) is 6.39. The van der Waals surface area contributed by atoms with Crippen LogP contribution in [0.1, 0.15) is 25.0 Å². The summed E-state index contributed by atoms with van der Waals surface area (Å²) in [4.78, 5) is 9.47. The molecule has 0 spiro atoms. The van der Waals surface area contributed by atoms with Gasteiger partial charge in [0.2, 0.25) is 5.95 Å². The highest BCUT2D eigenvalue weighted by Crippen LogP contribution is 2.49. The molecule has 0 unspecified atom stereocenters. The number of nitrogens with one attached hydrogen (secondary N) is 1. The van der Waals surface area contributed by atoms with Crippen molar-refractivity contribution in [1.29, 1.82) is 0 Å². The topological polar surface area (TPSA) is 51.0 Å². The summed E-state index contributed by atoms with van der Waals surface area (Å²) in [5.74, 6) is 0.588. The maximum Gasteiger partial charge on any atom is 0.223 e. The van der Waals surface area contributed by atoms with E-state index in [1.807, 2.05) is 31.3 Å². The van der Waals surface area contributed by atoms with Gasteiger partial charge in [-0.1, -0.05) is 62.4 Å². The quantitative estimate of drug-likeness (QED) is 0.379. The van der Waals surface area contributed by atoms with Crippen molar-refractivity contribution < 1.29 is 4.42 Å². The highest BCUT2D eigenvalue weighted by molar-refractivity contribution is 6.07. The van der Waals surface area contributed by atoms with E-state index in [0.29, 0.717) is 5.95 Å². The summed E-state index contributed by atoms with van der Waals surface area (Å²) in [6, 6.07) is 23.3. The molecule has 2 heterocycles. The number of furan rings is 1. The smallest absolute Gasteiger partial charge is 0.223 e. The van der Waals surface area contributed by atoms with Crippen molar-refractivity contribution in [2.75, 3.05) is 12.4 Å². The van der Waals surface area contributed by atoms with E-state index in [0.717, 1.165) is 33.3 Å². The molecule has 4 nitrogen and oxygen atoms in total. The highest BCUT2D eigenvalue weighted by Gasteiger charge is 2.35. The minimum Gasteiger partial charge on any atom is -0.452 e. The molecule has 0 saturated carbocycles. The Morgan fingerprint density at radius 3 is 2.47 bits per heavy atom. The Balaban J connectivity index is 1.65. The highest BCUT2D eigenvalue weighted by atomic mass is 16.3. The van der Waals surface area contributed by atoms with Crippen LogP contribution in [0.25, 0.3) is 44.5 Å². The van der Waals surface area contributed by atoms with Crippen molar-refractivity contribution in [3.8, 4) is 22.4 Å². The summed E-state index contributed by atoms with van der Waals surface area (Å²) in [6.07, 6.45) is 0. The first kappa shape index (κ1) is 17.2. The Kier molecular flexibility index (Phi) is 3.40. The van der Waals surface area contributed by atoms with Gasteiger partial charge in [-0.2, -0.15) is 0 Å². The molecular formula is C26H21N3O. The van der Waals surface area contributed by atoms with E-state index in [4.69, 9.17) is 9.40 Å². The standard InChI is InChI=1S/C26H21N3O/c1-26(2)19-10-6-4-8-16(19)18-14-15(12-13-20(18)26)22-24-23(29-25(27-3)28-22)17-9-5-7-11-21(17)30-24/h4-14H,1-3H3,(H,27,28,29). The number of para-hydroxylation sites is 1. The van der Waals surface area contributed by atoms with Crippen molar-refractivity contribution in [3.05, 3.63) is 77.9 Å². The SMILES string of the molecule is CNc1nc(-c2ccc3c(c2)-c2ccccc2C3(C)C)c2oc3ccccc3c2n1. The average Bonchev–Trinajstić information content (AvgIpc) is 3.26. The average molecular weight is 391 g/mol. The largest absolute Gasteiger partial charge is 0.452 e. The van der Waals surface area contributed by atoms with E-state index < -0.39 is 0 Å². The maximum atomic E-state index is 6.21. The van der Waals surface area contributed by atoms with Gasteiger partial charge in [0.25, 0.3) is 0 Å². The molecule has 30 heavy (non-hydrogen) atoms. The summed E-state index contributed by atoms with van der Waals surface area (Å²) in [5, 5.41) is 4.10. The zero-order valence-corrected chi connectivity index (χ0v) is 17.2. The van der Waals surface area contributed by atoms with Crippen molar-refractivity contribution in [3.63, 3.8) is 0 Å². The number of fused-ring (bicyclic) bond motifs is 6. The molecule has 0 aliphatic heterocycles. The lowest BCUT2D eigenvalue weighted by Gasteiger charge is -2.21. The number of hydrogen-bond acceptors (Lipinski definition) is 4. The second-order valence-corrected chi connectivity index (χ2v) is 8.35. The van der Waals surface area contributed by atoms with E-state index in [2.05, 4.69) is 66.6 Å². The predicted molar refractivity (Wildman–Crippen MR) is 122 cm³/mol. The Labute approximate surface area is 174 Å². The Morgan fingerprint density at radius 1 is 0.833 bits per heavy atom. The Hall–Kier alpha value is -3.66. The molecule has 0 atom stereocenters. The number of hydrogen-bond donors (Lipinski definition) is 1. The lowest BCUT2D eigenvalue weighted by atomic mass is 9.82. The van der Waals surface area contributed by atoms with Crippen molar-refractivity contribution in [2.24, 2.45) is 0 Å². The molecule has 3 aromatic carbocycles. The zero-order chi connectivity index (χ0) is 20.5. The van der Waals surface area contributed by atoms with E-state index in [-0.39, 0.29) is 5.41 Å². The third-order valence-corrected chi connectivity index (χ3v) is 6.30. The van der Waals surface area contributed by atoms with Gasteiger partial charge in [-0.25, -0.2) is 9.97 Å². The number of benzene rings is 3. The van der Waals surface area contributed by atoms with Gasteiger partial charge < -0.3 is 9.73 Å². The minimum atomic E-state index is -0.0129. The molecule has 0 fully saturated rings. The van der Waals surface area contributed by atoms with Crippen LogP contribution >= 0.6 is 0 Å². The van der Waals surface area contributed by atoms with Gasteiger partial charge in [0.15, 0.2) is 5.58 Å². The molecule has 5 aromatic rings. The molecule has 146 valence electrons. The van der Waals surface area contributed by atoms with Crippen LogP contribution in [0.15, 0.2) is 71.1 Å². The molecule has 0 radical (unpaired) electrons. The molecule has 1 aliphatic rings. The van der Waals surface area contributed by atoms with Crippen LogP contribution in [0, 0.1) is 0 Å². The van der Waals surface area contributed by atoms with Gasteiger partial charge in [0, 0.05) is 23.4 Å². The summed E-state index contributed by atoms with van der Waals surface area (Å²) in [6.45, 7) is 4.58. The molecule has 0 bridgehead atoms. The van der Waals surface area contributed by atoms with E-state index in [1.54, 1.807) is 0 Å². The molecular weight excluding hydrogens is 370 g/mol. The lowest BCUT2D eigenvalue weighted by Crippen LogP contribution is -2.14. The van der Waals surface area contributed by atoms with Gasteiger partial charge in [-0.05, 0) is 40.5 Å². The van der Waals surface area contributed by atoms with Crippen LogP contribution in [0.5, 0.6) is 0 Å². The van der Waals surface area contributed by atoms with Gasteiger partial charge in [0.1, 0.15) is 16.8 Å². The first-order chi connectivity index (χ1) is 14.6. The molecule has 1 aliphatic carbocycles. The molecule has 2 aromatic heterocycles. The molecule has 6 rings (SSSR count). The van der Waals surface area contributed by atoms with Crippen LogP contribution < -0.4 is 5.32 Å². The first-order valence-electron chi connectivity index (χ1n) is 10.2. The fourth-order valence-electron chi connectivity index (χ4n) is 4.77. The van der Waals surface area contributed by atoms with E-state index >= 15 is 0 Å². The second-order valence-electron chi connectivity index (χ2n) is 8.35. The third-order valence-electron chi connectivity index (χ3n) is 6.30. The second kappa shape index (κ2) is 5.92. The number of rotatable bonds is 2. The summed E-state index contributed by atoms with van der Waals surface area (Å²) in [5.41, 5.74) is 9.48. The van der Waals surface area contributed by atoms with Crippen molar-refractivity contribution >= 4 is 28.0 Å². The number of nitrogens with zero attached hydrogens (tertiary/aromatic N) is 2. The summed E-state index contributed by atoms with van der Waals surface area (Å²) in [7, 11) is 1.84. The van der Waals surface area contributed by atoms with Gasteiger partial charge >= 0.3 is 0 Å². The normalized spacial score (nSPS) is 14.1. The van der Waals surface area contributed by atoms with Gasteiger partial charge in [0.05, 0.1) is 0 Å². The van der Waals surface area contributed by atoms with E-state index in [1.165, 1.54) is 22.3 Å². The third kappa shape index (κ3) is 2.22. The number of anilines is 1. The molecule has 4 heteroatoms. The molecule has 0 amide bonds. The number of aromatic nitrogens is 2. The minimum absolute atomic E-state index is 0.0129. The Bertz CT molecular complexity index is 1460. The maximum absolute atomic E-state index is 6.21. The fourth-order valence-corrected chi connectivity index (χ4v) is 4.77. The van der Waals surface area contributed by atoms with Gasteiger partial charge in [-0.3, -0.25) is 0 Å². The van der Waals surface area contributed by atoms with Crippen LogP contribution in [0.4, 0.5) is 5.95 Å². The monoisotopic (exact) mass is 391 g/mol. The van der Waals surface area contributed by atoms with E-state index in [9.17, 15) is 0 Å². The Morgan fingerprint density at radius 2 is 1.60 bits per heavy atom. The molecule has 0 saturated heterocycles. The van der Waals surface area contributed by atoms with Crippen LogP contribution in [-0.2, 0) is 5.41 Å². The van der Waals surface area contributed by atoms with Gasteiger partial charge in [-0.15, -0.1) is 0 Å². The first-order valence-corrected chi connectivity index (χ1v) is 10.2.